The lowest BCUT2D eigenvalue weighted by Gasteiger charge is -2.25. The van der Waals surface area contributed by atoms with Crippen LogP contribution >= 0.6 is 11.8 Å². The number of nitrogens with zero attached hydrogens (tertiary/aromatic N) is 1. The van der Waals surface area contributed by atoms with Crippen molar-refractivity contribution in [3.63, 3.8) is 0 Å². The Morgan fingerprint density at radius 1 is 1.40 bits per heavy atom. The average molecular weight is 291 g/mol. The van der Waals surface area contributed by atoms with Crippen molar-refractivity contribution < 1.29 is 9.59 Å². The molecule has 1 fully saturated rings. The Morgan fingerprint density at radius 3 is 2.85 bits per heavy atom. The topological polar surface area (TPSA) is 37.4 Å². The Hall–Kier alpha value is -1.29. The summed E-state index contributed by atoms with van der Waals surface area (Å²) in [7, 11) is 1.86. The molecule has 1 amide bonds. The van der Waals surface area contributed by atoms with E-state index in [1.54, 1.807) is 24.3 Å². The maximum Gasteiger partial charge on any atom is 0.254 e. The number of hydrogen-bond donors (Lipinski definition) is 0. The van der Waals surface area contributed by atoms with Crippen LogP contribution < -0.4 is 0 Å². The van der Waals surface area contributed by atoms with Crippen LogP contribution in [0.1, 0.15) is 40.0 Å². The number of hydrogen-bond acceptors (Lipinski definition) is 3. The molecule has 3 nitrogen and oxygen atoms in total. The third-order valence-electron chi connectivity index (χ3n) is 4.10. The molecule has 0 bridgehead atoms. The minimum atomic E-state index is -0.0394. The first-order valence-electron chi connectivity index (χ1n) is 6.97. The van der Waals surface area contributed by atoms with Crippen LogP contribution in [-0.2, 0) is 0 Å². The van der Waals surface area contributed by atoms with E-state index in [1.807, 2.05) is 23.7 Å². The maximum atomic E-state index is 12.5. The zero-order chi connectivity index (χ0) is 14.5. The Labute approximate surface area is 124 Å². The summed E-state index contributed by atoms with van der Waals surface area (Å²) in [5, 5.41) is 0. The van der Waals surface area contributed by atoms with Crippen LogP contribution in [-0.4, -0.2) is 42.2 Å². The lowest BCUT2D eigenvalue weighted by atomic mass is 10.1. The SMILES string of the molecule is CSCC1CCC(N(C)C(=O)c2ccccc2C=O)C1. The standard InChI is InChI=1S/C16H21NO2S/c1-17(14-8-7-12(9-14)11-20-2)16(19)15-6-4-3-5-13(15)10-18/h3-6,10,12,14H,7-9,11H2,1-2H3. The van der Waals surface area contributed by atoms with Gasteiger partial charge in [-0.25, -0.2) is 0 Å². The molecule has 2 unspecified atom stereocenters. The van der Waals surface area contributed by atoms with Gasteiger partial charge in [0.1, 0.15) is 0 Å². The Morgan fingerprint density at radius 2 is 2.15 bits per heavy atom. The van der Waals surface area contributed by atoms with E-state index in [0.717, 1.165) is 19.1 Å². The van der Waals surface area contributed by atoms with Crippen molar-refractivity contribution in [1.82, 2.24) is 4.90 Å². The number of rotatable bonds is 5. The first-order chi connectivity index (χ1) is 9.67. The van der Waals surface area contributed by atoms with Crippen LogP contribution in [0.3, 0.4) is 0 Å². The minimum absolute atomic E-state index is 0.0394. The molecule has 1 aliphatic rings. The molecule has 1 aliphatic carbocycles. The second-order valence-electron chi connectivity index (χ2n) is 5.41. The highest BCUT2D eigenvalue weighted by Crippen LogP contribution is 2.31. The van der Waals surface area contributed by atoms with Gasteiger partial charge in [0.15, 0.2) is 6.29 Å². The van der Waals surface area contributed by atoms with E-state index in [2.05, 4.69) is 6.26 Å². The highest BCUT2D eigenvalue weighted by atomic mass is 32.2. The van der Waals surface area contributed by atoms with Gasteiger partial charge in [-0.3, -0.25) is 9.59 Å². The summed E-state index contributed by atoms with van der Waals surface area (Å²) in [5.74, 6) is 1.85. The van der Waals surface area contributed by atoms with Gasteiger partial charge in [0.25, 0.3) is 5.91 Å². The molecule has 1 saturated carbocycles. The number of thioether (sulfide) groups is 1. The van der Waals surface area contributed by atoms with Crippen molar-refractivity contribution >= 4 is 24.0 Å². The monoisotopic (exact) mass is 291 g/mol. The summed E-state index contributed by atoms with van der Waals surface area (Å²) in [6.07, 6.45) is 6.22. The predicted molar refractivity (Wildman–Crippen MR) is 83.4 cm³/mol. The minimum Gasteiger partial charge on any atom is -0.339 e. The molecule has 2 rings (SSSR count). The van der Waals surface area contributed by atoms with E-state index >= 15 is 0 Å². The fourth-order valence-corrected chi connectivity index (χ4v) is 3.71. The normalized spacial score (nSPS) is 21.7. The molecule has 0 aromatic heterocycles. The van der Waals surface area contributed by atoms with Gasteiger partial charge in [0, 0.05) is 18.7 Å². The van der Waals surface area contributed by atoms with Crippen LogP contribution in [0.25, 0.3) is 0 Å². The maximum absolute atomic E-state index is 12.5. The van der Waals surface area contributed by atoms with Gasteiger partial charge in [0.2, 0.25) is 0 Å². The van der Waals surface area contributed by atoms with E-state index in [4.69, 9.17) is 0 Å². The highest BCUT2D eigenvalue weighted by Gasteiger charge is 2.30. The fourth-order valence-electron chi connectivity index (χ4n) is 2.94. The molecule has 108 valence electrons. The zero-order valence-corrected chi connectivity index (χ0v) is 12.9. The average Bonchev–Trinajstić information content (AvgIpc) is 2.94. The highest BCUT2D eigenvalue weighted by molar-refractivity contribution is 7.98. The van der Waals surface area contributed by atoms with Crippen molar-refractivity contribution in [1.29, 1.82) is 0 Å². The smallest absolute Gasteiger partial charge is 0.254 e. The van der Waals surface area contributed by atoms with E-state index in [-0.39, 0.29) is 5.91 Å². The van der Waals surface area contributed by atoms with E-state index in [0.29, 0.717) is 23.1 Å². The molecule has 0 saturated heterocycles. The van der Waals surface area contributed by atoms with Crippen LogP contribution in [0.2, 0.25) is 0 Å². The van der Waals surface area contributed by atoms with E-state index < -0.39 is 0 Å². The molecule has 0 radical (unpaired) electrons. The molecule has 1 aromatic carbocycles. The third kappa shape index (κ3) is 3.23. The largest absolute Gasteiger partial charge is 0.339 e. The van der Waals surface area contributed by atoms with E-state index in [1.165, 1.54) is 12.2 Å². The van der Waals surface area contributed by atoms with Gasteiger partial charge >= 0.3 is 0 Å². The quantitative estimate of drug-likeness (QED) is 0.782. The summed E-state index contributed by atoms with van der Waals surface area (Å²) in [6, 6.07) is 7.32. The molecule has 2 atom stereocenters. The van der Waals surface area contributed by atoms with Crippen molar-refractivity contribution in [2.75, 3.05) is 19.1 Å². The van der Waals surface area contributed by atoms with Gasteiger partial charge < -0.3 is 4.90 Å². The summed E-state index contributed by atoms with van der Waals surface area (Å²) < 4.78 is 0. The van der Waals surface area contributed by atoms with Crippen LogP contribution in [0.5, 0.6) is 0 Å². The molecule has 4 heteroatoms. The van der Waals surface area contributed by atoms with Crippen LogP contribution in [0.4, 0.5) is 0 Å². The van der Waals surface area contributed by atoms with Crippen LogP contribution in [0, 0.1) is 5.92 Å². The summed E-state index contributed by atoms with van der Waals surface area (Å²) in [4.78, 5) is 25.4. The van der Waals surface area contributed by atoms with Crippen molar-refractivity contribution in [3.05, 3.63) is 35.4 Å². The first-order valence-corrected chi connectivity index (χ1v) is 8.37. The molecule has 0 spiro atoms. The van der Waals surface area contributed by atoms with Gasteiger partial charge in [-0.2, -0.15) is 11.8 Å². The molecule has 0 heterocycles. The van der Waals surface area contributed by atoms with Gasteiger partial charge in [-0.05, 0) is 43.3 Å². The predicted octanol–water partition coefficient (Wildman–Crippen LogP) is 3.10. The van der Waals surface area contributed by atoms with Gasteiger partial charge in [-0.1, -0.05) is 18.2 Å². The Balaban J connectivity index is 2.07. The number of carbonyl (C=O) groups is 2. The number of aldehydes is 1. The lowest BCUT2D eigenvalue weighted by Crippen LogP contribution is -2.36. The molecular formula is C16H21NO2S. The lowest BCUT2D eigenvalue weighted by molar-refractivity contribution is 0.0730. The third-order valence-corrected chi connectivity index (χ3v) is 4.91. The molecule has 1 aromatic rings. The Bertz CT molecular complexity index is 489. The summed E-state index contributed by atoms with van der Waals surface area (Å²) in [6.45, 7) is 0. The molecule has 0 N–H and O–H groups in total. The van der Waals surface area contributed by atoms with Crippen molar-refractivity contribution in [2.45, 2.75) is 25.3 Å². The second-order valence-corrected chi connectivity index (χ2v) is 6.32. The summed E-state index contributed by atoms with van der Waals surface area (Å²) in [5.41, 5.74) is 0.987. The van der Waals surface area contributed by atoms with Gasteiger partial charge in [0.05, 0.1) is 5.56 Å². The number of amides is 1. The molecular weight excluding hydrogens is 270 g/mol. The van der Waals surface area contributed by atoms with Crippen molar-refractivity contribution in [3.8, 4) is 0 Å². The number of carbonyl (C=O) groups excluding carboxylic acids is 2. The number of benzene rings is 1. The summed E-state index contributed by atoms with van der Waals surface area (Å²) >= 11 is 1.87. The molecule has 20 heavy (non-hydrogen) atoms. The van der Waals surface area contributed by atoms with Crippen molar-refractivity contribution in [2.24, 2.45) is 5.92 Å². The fraction of sp³-hybridized carbons (Fsp3) is 0.500. The van der Waals surface area contributed by atoms with Crippen LogP contribution in [0.15, 0.2) is 24.3 Å². The van der Waals surface area contributed by atoms with E-state index in [9.17, 15) is 9.59 Å². The first kappa shape index (κ1) is 15.1. The zero-order valence-electron chi connectivity index (χ0n) is 12.0. The second kappa shape index (κ2) is 6.93. The molecule has 0 aliphatic heterocycles. The van der Waals surface area contributed by atoms with Gasteiger partial charge in [-0.15, -0.1) is 0 Å². The Kier molecular flexibility index (Phi) is 5.24.